The van der Waals surface area contributed by atoms with Crippen molar-refractivity contribution in [3.05, 3.63) is 68.5 Å². The van der Waals surface area contributed by atoms with Crippen LogP contribution in [0.5, 0.6) is 5.75 Å². The van der Waals surface area contributed by atoms with Gasteiger partial charge in [0.15, 0.2) is 5.17 Å². The first-order valence-corrected chi connectivity index (χ1v) is 8.90. The molecule has 3 rings (SSSR count). The van der Waals surface area contributed by atoms with Crippen LogP contribution in [0.3, 0.4) is 0 Å². The fourth-order valence-corrected chi connectivity index (χ4v) is 3.35. The number of hydrogen-bond acceptors (Lipinski definition) is 4. The van der Waals surface area contributed by atoms with Crippen LogP contribution >= 0.6 is 27.7 Å². The summed E-state index contributed by atoms with van der Waals surface area (Å²) in [5.41, 5.74) is 3.09. The molecule has 2 N–H and O–H groups in total. The summed E-state index contributed by atoms with van der Waals surface area (Å²) in [7, 11) is 0. The largest absolute Gasteiger partial charge is 0.488 e. The molecule has 1 aliphatic heterocycles. The number of carbonyl (C=O) groups excluding carboxylic acids is 1. The second-order valence-electron chi connectivity index (χ2n) is 5.29. The zero-order valence-electron chi connectivity index (χ0n) is 12.9. The minimum Gasteiger partial charge on any atom is -0.488 e. The Labute approximate surface area is 152 Å². The van der Waals surface area contributed by atoms with E-state index in [-0.39, 0.29) is 11.1 Å². The van der Waals surface area contributed by atoms with Crippen LogP contribution in [0.25, 0.3) is 6.08 Å². The van der Waals surface area contributed by atoms with E-state index in [0.29, 0.717) is 17.3 Å². The number of amides is 1. The van der Waals surface area contributed by atoms with Crippen molar-refractivity contribution in [3.8, 4) is 5.75 Å². The number of amidine groups is 1. The third-order valence-electron chi connectivity index (χ3n) is 3.57. The molecule has 0 saturated carbocycles. The molecule has 0 radical (unpaired) electrons. The van der Waals surface area contributed by atoms with E-state index in [1.54, 1.807) is 6.08 Å². The summed E-state index contributed by atoms with van der Waals surface area (Å²) in [5.74, 6) is 0.440. The summed E-state index contributed by atoms with van der Waals surface area (Å²) < 4.78 is 6.87. The normalized spacial score (nSPS) is 15.7. The molecule has 0 atom stereocenters. The van der Waals surface area contributed by atoms with Gasteiger partial charge in [-0.1, -0.05) is 40.2 Å². The Bertz CT molecular complexity index is 849. The smallest absolute Gasteiger partial charge is 0.264 e. The van der Waals surface area contributed by atoms with Crippen molar-refractivity contribution in [2.24, 2.45) is 0 Å². The molecule has 0 bridgehead atoms. The molecular formula is C18H15BrN2O2S. The van der Waals surface area contributed by atoms with Crippen LogP contribution < -0.4 is 10.1 Å². The molecule has 0 unspecified atom stereocenters. The Hall–Kier alpha value is -2.05. The highest BCUT2D eigenvalue weighted by Crippen LogP contribution is 2.31. The minimum absolute atomic E-state index is 0.142. The number of rotatable bonds is 4. The number of nitrogens with one attached hydrogen (secondary N) is 2. The molecule has 2 aromatic rings. The highest BCUT2D eigenvalue weighted by molar-refractivity contribution is 9.10. The molecule has 1 saturated heterocycles. The molecule has 4 nitrogen and oxygen atoms in total. The first-order chi connectivity index (χ1) is 11.5. The lowest BCUT2D eigenvalue weighted by Crippen LogP contribution is -2.18. The number of hydrogen-bond donors (Lipinski definition) is 2. The molecule has 122 valence electrons. The van der Waals surface area contributed by atoms with Gasteiger partial charge in [0, 0.05) is 10.0 Å². The molecule has 6 heteroatoms. The third-order valence-corrected chi connectivity index (χ3v) is 4.89. The monoisotopic (exact) mass is 402 g/mol. The highest BCUT2D eigenvalue weighted by atomic mass is 79.9. The van der Waals surface area contributed by atoms with E-state index in [2.05, 4.69) is 21.2 Å². The second-order valence-corrected chi connectivity index (χ2v) is 7.26. The Balaban J connectivity index is 1.86. The maximum absolute atomic E-state index is 11.8. The van der Waals surface area contributed by atoms with Crippen molar-refractivity contribution in [2.75, 3.05) is 0 Å². The van der Waals surface area contributed by atoms with E-state index in [9.17, 15) is 4.79 Å². The molecule has 1 heterocycles. The molecule has 1 amide bonds. The lowest BCUT2D eigenvalue weighted by molar-refractivity contribution is -0.115. The summed E-state index contributed by atoms with van der Waals surface area (Å²) in [6.45, 7) is 2.51. The second kappa shape index (κ2) is 7.23. The number of benzene rings is 2. The molecule has 1 fully saturated rings. The van der Waals surface area contributed by atoms with E-state index in [4.69, 9.17) is 10.1 Å². The number of thioether (sulfide) groups is 1. The molecule has 0 spiro atoms. The van der Waals surface area contributed by atoms with Crippen molar-refractivity contribution in [1.29, 1.82) is 5.41 Å². The van der Waals surface area contributed by atoms with Crippen molar-refractivity contribution in [1.82, 2.24) is 5.32 Å². The number of carbonyl (C=O) groups is 1. The summed E-state index contributed by atoms with van der Waals surface area (Å²) in [4.78, 5) is 12.3. The van der Waals surface area contributed by atoms with Crippen LogP contribution in [0.2, 0.25) is 0 Å². The maximum Gasteiger partial charge on any atom is 0.264 e. The minimum atomic E-state index is -0.255. The van der Waals surface area contributed by atoms with Gasteiger partial charge in [0.25, 0.3) is 5.91 Å². The van der Waals surface area contributed by atoms with Gasteiger partial charge in [-0.2, -0.15) is 0 Å². The number of ether oxygens (including phenoxy) is 1. The summed E-state index contributed by atoms with van der Waals surface area (Å²) in [6, 6.07) is 13.7. The average Bonchev–Trinajstić information content (AvgIpc) is 2.85. The van der Waals surface area contributed by atoms with E-state index in [1.807, 2.05) is 49.4 Å². The van der Waals surface area contributed by atoms with Gasteiger partial charge < -0.3 is 10.1 Å². The van der Waals surface area contributed by atoms with Gasteiger partial charge in [-0.25, -0.2) is 0 Å². The van der Waals surface area contributed by atoms with Gasteiger partial charge in [0.05, 0.1) is 4.91 Å². The first kappa shape index (κ1) is 16.8. The SMILES string of the molecule is Cc1ccccc1COc1ccc(Br)cc1/C=C1\SC(=N)NC1=O. The summed E-state index contributed by atoms with van der Waals surface area (Å²) in [6.07, 6.45) is 1.75. The summed E-state index contributed by atoms with van der Waals surface area (Å²) >= 11 is 4.56. The van der Waals surface area contributed by atoms with E-state index < -0.39 is 0 Å². The van der Waals surface area contributed by atoms with Gasteiger partial charge in [-0.05, 0) is 54.1 Å². The standard InChI is InChI=1S/C18H15BrN2O2S/c1-11-4-2-3-5-12(11)10-23-15-7-6-14(19)8-13(15)9-16-17(22)21-18(20)24-16/h2-9H,10H2,1H3,(H2,20,21,22)/b16-9-. The predicted molar refractivity (Wildman–Crippen MR) is 101 cm³/mol. The third kappa shape index (κ3) is 3.88. The molecule has 2 aromatic carbocycles. The zero-order valence-corrected chi connectivity index (χ0v) is 15.3. The van der Waals surface area contributed by atoms with Crippen molar-refractivity contribution < 1.29 is 9.53 Å². The Morgan fingerprint density at radius 2 is 2.08 bits per heavy atom. The molecular weight excluding hydrogens is 388 g/mol. The maximum atomic E-state index is 11.8. The van der Waals surface area contributed by atoms with Gasteiger partial charge in [-0.3, -0.25) is 10.2 Å². The Morgan fingerprint density at radius 1 is 1.29 bits per heavy atom. The van der Waals surface area contributed by atoms with Gasteiger partial charge >= 0.3 is 0 Å². The van der Waals surface area contributed by atoms with E-state index in [1.165, 1.54) is 5.56 Å². The van der Waals surface area contributed by atoms with Crippen LogP contribution in [-0.2, 0) is 11.4 Å². The molecule has 24 heavy (non-hydrogen) atoms. The van der Waals surface area contributed by atoms with Gasteiger partial charge in [-0.15, -0.1) is 0 Å². The quantitative estimate of drug-likeness (QED) is 0.741. The first-order valence-electron chi connectivity index (χ1n) is 7.29. The van der Waals surface area contributed by atoms with Crippen molar-refractivity contribution >= 4 is 44.8 Å². The fraction of sp³-hybridized carbons (Fsp3) is 0.111. The van der Waals surface area contributed by atoms with Crippen LogP contribution in [-0.4, -0.2) is 11.1 Å². The van der Waals surface area contributed by atoms with Crippen LogP contribution in [0, 0.1) is 12.3 Å². The topological polar surface area (TPSA) is 62.2 Å². The highest BCUT2D eigenvalue weighted by Gasteiger charge is 2.22. The lowest BCUT2D eigenvalue weighted by Gasteiger charge is -2.11. The Morgan fingerprint density at radius 3 is 2.79 bits per heavy atom. The van der Waals surface area contributed by atoms with Crippen LogP contribution in [0.1, 0.15) is 16.7 Å². The molecule has 0 aliphatic carbocycles. The predicted octanol–water partition coefficient (Wildman–Crippen LogP) is 4.48. The van der Waals surface area contributed by atoms with Crippen molar-refractivity contribution in [2.45, 2.75) is 13.5 Å². The zero-order chi connectivity index (χ0) is 17.1. The van der Waals surface area contributed by atoms with E-state index >= 15 is 0 Å². The van der Waals surface area contributed by atoms with Crippen LogP contribution in [0.4, 0.5) is 0 Å². The Kier molecular flexibility index (Phi) is 5.06. The van der Waals surface area contributed by atoms with Crippen LogP contribution in [0.15, 0.2) is 51.8 Å². The van der Waals surface area contributed by atoms with Gasteiger partial charge in [0.2, 0.25) is 0 Å². The average molecular weight is 403 g/mol. The summed E-state index contributed by atoms with van der Waals surface area (Å²) in [5, 5.41) is 10.2. The lowest BCUT2D eigenvalue weighted by atomic mass is 10.1. The number of halogens is 1. The van der Waals surface area contributed by atoms with E-state index in [0.717, 1.165) is 27.4 Å². The molecule has 1 aliphatic rings. The van der Waals surface area contributed by atoms with Crippen molar-refractivity contribution in [3.63, 3.8) is 0 Å². The fourth-order valence-electron chi connectivity index (χ4n) is 2.27. The van der Waals surface area contributed by atoms with Gasteiger partial charge in [0.1, 0.15) is 12.4 Å². The molecule has 0 aromatic heterocycles. The number of aryl methyl sites for hydroxylation is 1.